The van der Waals surface area contributed by atoms with Crippen LogP contribution in [0.15, 0.2) is 0 Å². The first kappa shape index (κ1) is 38.2. The van der Waals surface area contributed by atoms with Crippen LogP contribution in [0.5, 0.6) is 0 Å². The molecule has 7 nitrogen and oxygen atoms in total. The molecule has 4 unspecified atom stereocenters. The van der Waals surface area contributed by atoms with Crippen LogP contribution >= 0.6 is 0 Å². The average Bonchev–Trinajstić information content (AvgIpc) is 3.02. The zero-order chi connectivity index (χ0) is 31.8. The van der Waals surface area contributed by atoms with E-state index in [9.17, 15) is 0 Å². The molecule has 0 amide bonds. The van der Waals surface area contributed by atoms with Gasteiger partial charge in [0.25, 0.3) is 0 Å². The van der Waals surface area contributed by atoms with Gasteiger partial charge in [0.15, 0.2) is 0 Å². The van der Waals surface area contributed by atoms with Gasteiger partial charge in [0.05, 0.1) is 18.3 Å². The molecule has 44 heavy (non-hydrogen) atoms. The Hall–Kier alpha value is -0.280. The second-order valence-electron chi connectivity index (χ2n) is 15.1. The Morgan fingerprint density at radius 2 is 1.48 bits per heavy atom. The van der Waals surface area contributed by atoms with Crippen molar-refractivity contribution in [1.29, 1.82) is 0 Å². The maximum atomic E-state index is 6.85. The first-order valence-corrected chi connectivity index (χ1v) is 19.1. The number of hydrogen-bond acceptors (Lipinski definition) is 7. The molecule has 10 atom stereocenters. The fourth-order valence-corrected chi connectivity index (χ4v) is 9.47. The molecule has 0 aliphatic heterocycles. The van der Waals surface area contributed by atoms with Crippen molar-refractivity contribution in [2.24, 2.45) is 58.1 Å². The van der Waals surface area contributed by atoms with E-state index in [0.29, 0.717) is 67.0 Å². The number of hydrogen-bond donors (Lipinski definition) is 4. The summed E-state index contributed by atoms with van der Waals surface area (Å²) >= 11 is 0. The standard InChI is InChI=1S/C37H74N4O3/c1-5-19-41-20-7-11-28(3)29(6-2)12-13-30-24-33(43-22-9-17-39)27-34-36(30)35(44-23-10-18-40)26-31-25-32(42-21-8-16-38)14-15-37(31,34)4/h28-36,41H,5-27,38-40H2,1-4H3/t28-,29?,30-,31?,32-,33-,34+,35-,36?,37?/m1/s1. The quantitative estimate of drug-likeness (QED) is 0.0993. The van der Waals surface area contributed by atoms with Gasteiger partial charge in [0.2, 0.25) is 0 Å². The third-order valence-corrected chi connectivity index (χ3v) is 12.1. The summed E-state index contributed by atoms with van der Waals surface area (Å²) in [7, 11) is 0. The SMILES string of the molecule is CCCNCCC[C@@H](C)C(CC)CC[C@@H]1C[C@@H](OCCCN)C[C@H]2C1[C@H](OCCCN)CC1C[C@H](OCCCN)CCC12C. The summed E-state index contributed by atoms with van der Waals surface area (Å²) in [4.78, 5) is 0. The zero-order valence-corrected chi connectivity index (χ0v) is 29.4. The number of nitrogens with two attached hydrogens (primary N) is 3. The van der Waals surface area contributed by atoms with Crippen molar-refractivity contribution in [1.82, 2.24) is 5.32 Å². The lowest BCUT2D eigenvalue weighted by Crippen LogP contribution is -2.58. The van der Waals surface area contributed by atoms with E-state index >= 15 is 0 Å². The van der Waals surface area contributed by atoms with Gasteiger partial charge < -0.3 is 36.7 Å². The summed E-state index contributed by atoms with van der Waals surface area (Å²) in [5, 5.41) is 3.60. The van der Waals surface area contributed by atoms with Crippen molar-refractivity contribution in [3.8, 4) is 0 Å². The summed E-state index contributed by atoms with van der Waals surface area (Å²) in [6.45, 7) is 16.6. The van der Waals surface area contributed by atoms with Gasteiger partial charge in [0.1, 0.15) is 0 Å². The van der Waals surface area contributed by atoms with Gasteiger partial charge in [0, 0.05) is 19.8 Å². The van der Waals surface area contributed by atoms with E-state index in [4.69, 9.17) is 31.4 Å². The molecular formula is C37H74N4O3. The maximum absolute atomic E-state index is 6.85. The Labute approximate surface area is 272 Å². The molecule has 260 valence electrons. The predicted molar refractivity (Wildman–Crippen MR) is 185 cm³/mol. The number of rotatable bonds is 23. The Morgan fingerprint density at radius 3 is 2.14 bits per heavy atom. The van der Waals surface area contributed by atoms with Crippen LogP contribution in [-0.4, -0.2) is 70.9 Å². The van der Waals surface area contributed by atoms with Crippen molar-refractivity contribution in [2.45, 2.75) is 142 Å². The van der Waals surface area contributed by atoms with Crippen LogP contribution in [0.2, 0.25) is 0 Å². The third kappa shape index (κ3) is 11.2. The van der Waals surface area contributed by atoms with Crippen LogP contribution in [0.1, 0.15) is 124 Å². The van der Waals surface area contributed by atoms with Crippen LogP contribution < -0.4 is 22.5 Å². The maximum Gasteiger partial charge on any atom is 0.0611 e. The molecule has 0 bridgehead atoms. The summed E-state index contributed by atoms with van der Waals surface area (Å²) in [5.74, 6) is 4.11. The van der Waals surface area contributed by atoms with E-state index < -0.39 is 0 Å². The highest BCUT2D eigenvalue weighted by molar-refractivity contribution is 5.07. The van der Waals surface area contributed by atoms with E-state index in [2.05, 4.69) is 33.0 Å². The molecule has 3 fully saturated rings. The van der Waals surface area contributed by atoms with Crippen LogP contribution in [0.3, 0.4) is 0 Å². The molecule has 0 spiro atoms. The number of nitrogens with one attached hydrogen (secondary N) is 1. The smallest absolute Gasteiger partial charge is 0.0611 e. The number of fused-ring (bicyclic) bond motifs is 3. The molecule has 3 aliphatic carbocycles. The van der Waals surface area contributed by atoms with Crippen LogP contribution in [0, 0.1) is 40.9 Å². The van der Waals surface area contributed by atoms with Gasteiger partial charge >= 0.3 is 0 Å². The molecule has 0 aromatic rings. The summed E-state index contributed by atoms with van der Waals surface area (Å²) in [6, 6.07) is 0. The number of ether oxygens (including phenoxy) is 3. The Balaban J connectivity index is 1.77. The highest BCUT2D eigenvalue weighted by atomic mass is 16.5. The van der Waals surface area contributed by atoms with E-state index in [1.165, 1.54) is 70.6 Å². The molecule has 0 radical (unpaired) electrons. The molecule has 0 saturated heterocycles. The second-order valence-corrected chi connectivity index (χ2v) is 15.1. The van der Waals surface area contributed by atoms with E-state index in [1.807, 2.05) is 0 Å². The van der Waals surface area contributed by atoms with Gasteiger partial charge in [-0.3, -0.25) is 0 Å². The lowest BCUT2D eigenvalue weighted by atomic mass is 9.46. The Bertz CT molecular complexity index is 744. The molecule has 3 aliphatic rings. The molecule has 0 aromatic heterocycles. The monoisotopic (exact) mass is 623 g/mol. The Morgan fingerprint density at radius 1 is 0.795 bits per heavy atom. The average molecular weight is 623 g/mol. The van der Waals surface area contributed by atoms with E-state index in [1.54, 1.807) is 0 Å². The molecular weight excluding hydrogens is 548 g/mol. The molecule has 0 heterocycles. The fourth-order valence-electron chi connectivity index (χ4n) is 9.47. The summed E-state index contributed by atoms with van der Waals surface area (Å²) in [6.07, 6.45) is 18.7. The molecule has 3 rings (SSSR count). The normalized spacial score (nSPS) is 33.5. The fraction of sp³-hybridized carbons (Fsp3) is 1.00. The molecule has 3 saturated carbocycles. The van der Waals surface area contributed by atoms with Crippen molar-refractivity contribution >= 4 is 0 Å². The highest BCUT2D eigenvalue weighted by Gasteiger charge is 2.58. The van der Waals surface area contributed by atoms with Gasteiger partial charge in [-0.1, -0.05) is 34.1 Å². The van der Waals surface area contributed by atoms with Gasteiger partial charge in [-0.2, -0.15) is 0 Å². The van der Waals surface area contributed by atoms with Crippen molar-refractivity contribution in [3.05, 3.63) is 0 Å². The lowest BCUT2D eigenvalue weighted by Gasteiger charge is -2.61. The van der Waals surface area contributed by atoms with Gasteiger partial charge in [-0.05, 0) is 164 Å². The first-order chi connectivity index (χ1) is 21.4. The molecule has 7 N–H and O–H groups in total. The van der Waals surface area contributed by atoms with Crippen molar-refractivity contribution in [3.63, 3.8) is 0 Å². The van der Waals surface area contributed by atoms with E-state index in [0.717, 1.165) is 70.4 Å². The van der Waals surface area contributed by atoms with Crippen molar-refractivity contribution < 1.29 is 14.2 Å². The first-order valence-electron chi connectivity index (χ1n) is 19.1. The minimum Gasteiger partial charge on any atom is -0.378 e. The summed E-state index contributed by atoms with van der Waals surface area (Å²) < 4.78 is 19.8. The minimum absolute atomic E-state index is 0.323. The second kappa shape index (κ2) is 20.8. The van der Waals surface area contributed by atoms with Gasteiger partial charge in [-0.25, -0.2) is 0 Å². The largest absolute Gasteiger partial charge is 0.378 e. The lowest BCUT2D eigenvalue weighted by molar-refractivity contribution is -0.190. The Kier molecular flexibility index (Phi) is 18.1. The van der Waals surface area contributed by atoms with E-state index in [-0.39, 0.29) is 0 Å². The van der Waals surface area contributed by atoms with Crippen LogP contribution in [0.25, 0.3) is 0 Å². The van der Waals surface area contributed by atoms with Crippen LogP contribution in [-0.2, 0) is 14.2 Å². The van der Waals surface area contributed by atoms with Crippen molar-refractivity contribution in [2.75, 3.05) is 52.5 Å². The third-order valence-electron chi connectivity index (χ3n) is 12.1. The predicted octanol–water partition coefficient (Wildman–Crippen LogP) is 6.26. The zero-order valence-electron chi connectivity index (χ0n) is 29.4. The van der Waals surface area contributed by atoms with Gasteiger partial charge in [-0.15, -0.1) is 0 Å². The highest BCUT2D eigenvalue weighted by Crippen LogP contribution is 2.62. The van der Waals surface area contributed by atoms with Crippen LogP contribution in [0.4, 0.5) is 0 Å². The minimum atomic E-state index is 0.323. The summed E-state index contributed by atoms with van der Waals surface area (Å²) in [5.41, 5.74) is 17.9. The molecule has 7 heteroatoms. The molecule has 0 aromatic carbocycles. The topological polar surface area (TPSA) is 118 Å².